The lowest BCUT2D eigenvalue weighted by atomic mass is 10.0. The Kier molecular flexibility index (Phi) is 46.8. The molecule has 0 aliphatic rings. The molecule has 6 heteroatoms. The van der Waals surface area contributed by atoms with Gasteiger partial charge in [0.1, 0.15) is 13.2 Å². The molecule has 0 aliphatic carbocycles. The molecule has 0 radical (unpaired) electrons. The van der Waals surface area contributed by atoms with Crippen molar-refractivity contribution in [3.63, 3.8) is 0 Å². The molecule has 344 valence electrons. The molecule has 0 aromatic rings. The quantitative estimate of drug-likeness (QED) is 0.0346. The van der Waals surface area contributed by atoms with Gasteiger partial charge in [0.05, 0.1) is 0 Å². The Morgan fingerprint density at radius 1 is 0.276 bits per heavy atom. The number of carbonyl (C=O) groups is 3. The number of ether oxygens (including phenoxy) is 3. The van der Waals surface area contributed by atoms with E-state index in [-0.39, 0.29) is 31.1 Å². The largest absolute Gasteiger partial charge is 0.462 e. The van der Waals surface area contributed by atoms with Crippen LogP contribution in [0.5, 0.6) is 0 Å². The summed E-state index contributed by atoms with van der Waals surface area (Å²) in [6, 6.07) is 0. The highest BCUT2D eigenvalue weighted by Crippen LogP contribution is 2.17. The van der Waals surface area contributed by atoms with E-state index in [2.05, 4.69) is 20.8 Å². The topological polar surface area (TPSA) is 78.9 Å². The maximum Gasteiger partial charge on any atom is 0.306 e. The summed E-state index contributed by atoms with van der Waals surface area (Å²) in [5.41, 5.74) is 0. The summed E-state index contributed by atoms with van der Waals surface area (Å²) in [5.74, 6) is -0.849. The van der Waals surface area contributed by atoms with Gasteiger partial charge in [0.2, 0.25) is 0 Å². The van der Waals surface area contributed by atoms with Gasteiger partial charge < -0.3 is 14.2 Å². The van der Waals surface area contributed by atoms with Crippen LogP contribution in [0.25, 0.3) is 0 Å². The Morgan fingerprint density at radius 2 is 0.466 bits per heavy atom. The van der Waals surface area contributed by atoms with E-state index >= 15 is 0 Å². The van der Waals surface area contributed by atoms with Crippen LogP contribution in [0.1, 0.15) is 297 Å². The molecule has 0 aromatic carbocycles. The van der Waals surface area contributed by atoms with Gasteiger partial charge in [-0.05, 0) is 19.3 Å². The molecule has 0 amide bonds. The third-order valence-corrected chi connectivity index (χ3v) is 11.9. The first-order valence-electron chi connectivity index (χ1n) is 26.0. The molecule has 0 saturated carbocycles. The Morgan fingerprint density at radius 3 is 0.690 bits per heavy atom. The van der Waals surface area contributed by atoms with Crippen LogP contribution in [0.15, 0.2) is 0 Å². The first-order chi connectivity index (χ1) is 28.5. The number of esters is 3. The third kappa shape index (κ3) is 45.5. The Balaban J connectivity index is 4.17. The fraction of sp³-hybridized carbons (Fsp3) is 0.942. The van der Waals surface area contributed by atoms with Crippen molar-refractivity contribution in [1.29, 1.82) is 0 Å². The average molecular weight is 821 g/mol. The standard InChI is InChI=1S/C52H100O6/c1-4-7-10-13-16-18-20-22-24-25-26-27-28-30-32-34-37-40-43-46-52(55)58-49(47-56-50(53)44-41-38-35-15-12-9-6-3)48-57-51(54)45-42-39-36-33-31-29-23-21-19-17-14-11-8-5-2/h49H,4-48H2,1-3H3/t49-/m0/s1. The van der Waals surface area contributed by atoms with Crippen molar-refractivity contribution in [3.05, 3.63) is 0 Å². The summed E-state index contributed by atoms with van der Waals surface area (Å²) in [6.07, 6.45) is 51.0. The van der Waals surface area contributed by atoms with Crippen LogP contribution in [0.2, 0.25) is 0 Å². The lowest BCUT2D eigenvalue weighted by Gasteiger charge is -2.18. The van der Waals surface area contributed by atoms with Crippen molar-refractivity contribution in [3.8, 4) is 0 Å². The molecular weight excluding hydrogens is 721 g/mol. The van der Waals surface area contributed by atoms with E-state index < -0.39 is 6.10 Å². The van der Waals surface area contributed by atoms with Crippen LogP contribution in [-0.2, 0) is 28.6 Å². The molecule has 58 heavy (non-hydrogen) atoms. The highest BCUT2D eigenvalue weighted by atomic mass is 16.6. The minimum atomic E-state index is -0.758. The van der Waals surface area contributed by atoms with E-state index in [0.29, 0.717) is 19.3 Å². The van der Waals surface area contributed by atoms with E-state index in [1.807, 2.05) is 0 Å². The molecule has 0 unspecified atom stereocenters. The normalized spacial score (nSPS) is 11.8. The first-order valence-corrected chi connectivity index (χ1v) is 26.0. The highest BCUT2D eigenvalue weighted by Gasteiger charge is 2.19. The average Bonchev–Trinajstić information content (AvgIpc) is 3.22. The third-order valence-electron chi connectivity index (χ3n) is 11.9. The van der Waals surface area contributed by atoms with Gasteiger partial charge in [-0.3, -0.25) is 14.4 Å². The van der Waals surface area contributed by atoms with Crippen LogP contribution in [0, 0.1) is 0 Å². The fourth-order valence-electron chi connectivity index (χ4n) is 7.92. The molecule has 0 fully saturated rings. The van der Waals surface area contributed by atoms with E-state index in [1.54, 1.807) is 0 Å². The van der Waals surface area contributed by atoms with Gasteiger partial charge in [0.25, 0.3) is 0 Å². The molecule has 0 rings (SSSR count). The number of hydrogen-bond donors (Lipinski definition) is 0. The summed E-state index contributed by atoms with van der Waals surface area (Å²) in [5, 5.41) is 0. The summed E-state index contributed by atoms with van der Waals surface area (Å²) in [7, 11) is 0. The highest BCUT2D eigenvalue weighted by molar-refractivity contribution is 5.71. The molecule has 0 N–H and O–H groups in total. The van der Waals surface area contributed by atoms with Gasteiger partial charge in [-0.2, -0.15) is 0 Å². The van der Waals surface area contributed by atoms with Crippen molar-refractivity contribution in [1.82, 2.24) is 0 Å². The van der Waals surface area contributed by atoms with Crippen LogP contribution in [-0.4, -0.2) is 37.2 Å². The van der Waals surface area contributed by atoms with Gasteiger partial charge in [-0.25, -0.2) is 0 Å². The molecule has 0 aliphatic heterocycles. The maximum absolute atomic E-state index is 12.8. The molecule has 6 nitrogen and oxygen atoms in total. The van der Waals surface area contributed by atoms with Gasteiger partial charge >= 0.3 is 17.9 Å². The number of hydrogen-bond acceptors (Lipinski definition) is 6. The summed E-state index contributed by atoms with van der Waals surface area (Å²) < 4.78 is 16.7. The smallest absolute Gasteiger partial charge is 0.306 e. The Bertz CT molecular complexity index is 859. The van der Waals surface area contributed by atoms with Crippen LogP contribution >= 0.6 is 0 Å². The van der Waals surface area contributed by atoms with Crippen LogP contribution < -0.4 is 0 Å². The lowest BCUT2D eigenvalue weighted by molar-refractivity contribution is -0.167. The zero-order valence-electron chi connectivity index (χ0n) is 39.3. The zero-order valence-corrected chi connectivity index (χ0v) is 39.3. The van der Waals surface area contributed by atoms with Crippen molar-refractivity contribution in [2.24, 2.45) is 0 Å². The Hall–Kier alpha value is -1.59. The van der Waals surface area contributed by atoms with Crippen molar-refractivity contribution >= 4 is 17.9 Å². The summed E-state index contributed by atoms with van der Waals surface area (Å²) in [4.78, 5) is 37.8. The molecule has 0 spiro atoms. The second-order valence-electron chi connectivity index (χ2n) is 17.8. The van der Waals surface area contributed by atoms with Gasteiger partial charge in [0, 0.05) is 19.3 Å². The van der Waals surface area contributed by atoms with Gasteiger partial charge in [-0.15, -0.1) is 0 Å². The number of rotatable bonds is 48. The van der Waals surface area contributed by atoms with Crippen molar-refractivity contribution in [2.45, 2.75) is 303 Å². The maximum atomic E-state index is 12.8. The molecular formula is C52H100O6. The van der Waals surface area contributed by atoms with E-state index in [0.717, 1.165) is 57.8 Å². The predicted molar refractivity (Wildman–Crippen MR) is 247 cm³/mol. The van der Waals surface area contributed by atoms with Crippen LogP contribution in [0.4, 0.5) is 0 Å². The van der Waals surface area contributed by atoms with Gasteiger partial charge in [0.15, 0.2) is 6.10 Å². The molecule has 0 aromatic heterocycles. The minimum absolute atomic E-state index is 0.0624. The second kappa shape index (κ2) is 48.1. The van der Waals surface area contributed by atoms with Crippen molar-refractivity contribution < 1.29 is 28.6 Å². The molecule has 0 bridgehead atoms. The summed E-state index contributed by atoms with van der Waals surface area (Å²) in [6.45, 7) is 6.64. The second-order valence-corrected chi connectivity index (χ2v) is 17.8. The van der Waals surface area contributed by atoms with E-state index in [4.69, 9.17) is 14.2 Å². The Labute approximate surface area is 361 Å². The van der Waals surface area contributed by atoms with Crippen LogP contribution in [0.3, 0.4) is 0 Å². The first kappa shape index (κ1) is 56.4. The van der Waals surface area contributed by atoms with E-state index in [1.165, 1.54) is 199 Å². The molecule has 1 atom stereocenters. The number of carbonyl (C=O) groups excluding carboxylic acids is 3. The molecule has 0 heterocycles. The fourth-order valence-corrected chi connectivity index (χ4v) is 7.92. The minimum Gasteiger partial charge on any atom is -0.462 e. The van der Waals surface area contributed by atoms with Crippen molar-refractivity contribution in [2.75, 3.05) is 13.2 Å². The number of unbranched alkanes of at least 4 members (excludes halogenated alkanes) is 37. The van der Waals surface area contributed by atoms with Gasteiger partial charge in [-0.1, -0.05) is 258 Å². The SMILES string of the molecule is CCCCCCCCCCCCCCCCCCCCCC(=O)O[C@@H](COC(=O)CCCCCCCCC)COC(=O)CCCCCCCCCCCCCCCC. The monoisotopic (exact) mass is 821 g/mol. The van der Waals surface area contributed by atoms with E-state index in [9.17, 15) is 14.4 Å². The predicted octanol–water partition coefficient (Wildman–Crippen LogP) is 16.8. The lowest BCUT2D eigenvalue weighted by Crippen LogP contribution is -2.30. The zero-order chi connectivity index (χ0) is 42.3. The summed E-state index contributed by atoms with van der Waals surface area (Å²) >= 11 is 0. The molecule has 0 saturated heterocycles.